The smallest absolute Gasteiger partial charge is 0.309 e. The summed E-state index contributed by atoms with van der Waals surface area (Å²) in [7, 11) is 1.33. The monoisotopic (exact) mass is 210 g/mol. The molecule has 3 heteroatoms. The fraction of sp³-hybridized carbons (Fsp3) is 0.417. The van der Waals surface area contributed by atoms with Gasteiger partial charge in [0.25, 0.3) is 0 Å². The van der Waals surface area contributed by atoms with Crippen molar-refractivity contribution in [2.45, 2.75) is 26.2 Å². The molecule has 0 N–H and O–H groups in total. The van der Waals surface area contributed by atoms with Crippen molar-refractivity contribution < 1.29 is 13.9 Å². The second-order valence-electron chi connectivity index (χ2n) is 3.47. The van der Waals surface area contributed by atoms with Gasteiger partial charge in [-0.1, -0.05) is 19.4 Å². The van der Waals surface area contributed by atoms with E-state index >= 15 is 0 Å². The van der Waals surface area contributed by atoms with Crippen molar-refractivity contribution in [3.8, 4) is 0 Å². The Bertz CT molecular complexity index is 347. The van der Waals surface area contributed by atoms with Gasteiger partial charge in [0.15, 0.2) is 0 Å². The van der Waals surface area contributed by atoms with Crippen LogP contribution >= 0.6 is 0 Å². The van der Waals surface area contributed by atoms with Gasteiger partial charge in [-0.05, 0) is 29.7 Å². The van der Waals surface area contributed by atoms with E-state index in [1.54, 1.807) is 0 Å². The lowest BCUT2D eigenvalue weighted by molar-refractivity contribution is -0.139. The molecule has 0 spiro atoms. The summed E-state index contributed by atoms with van der Waals surface area (Å²) in [6.45, 7) is 2.03. The second-order valence-corrected chi connectivity index (χ2v) is 3.47. The lowest BCUT2D eigenvalue weighted by atomic mass is 10.0. The summed E-state index contributed by atoms with van der Waals surface area (Å²) in [5.41, 5.74) is 1.60. The highest BCUT2D eigenvalue weighted by Crippen LogP contribution is 2.12. The molecule has 0 saturated carbocycles. The summed E-state index contributed by atoms with van der Waals surface area (Å²) in [5.74, 6) is -0.636. The Morgan fingerprint density at radius 2 is 2.00 bits per heavy atom. The van der Waals surface area contributed by atoms with Gasteiger partial charge in [-0.3, -0.25) is 4.79 Å². The normalized spacial score (nSPS) is 10.1. The average molecular weight is 210 g/mol. The third-order valence-corrected chi connectivity index (χ3v) is 2.13. The molecule has 0 aliphatic heterocycles. The number of hydrogen-bond acceptors (Lipinski definition) is 2. The van der Waals surface area contributed by atoms with E-state index in [-0.39, 0.29) is 18.2 Å². The number of carbonyl (C=O) groups excluding carboxylic acids is 1. The van der Waals surface area contributed by atoms with Crippen molar-refractivity contribution in [2.24, 2.45) is 0 Å². The Kier molecular flexibility index (Phi) is 4.28. The predicted molar refractivity (Wildman–Crippen MR) is 56.1 cm³/mol. The van der Waals surface area contributed by atoms with E-state index < -0.39 is 0 Å². The predicted octanol–water partition coefficient (Wildman–Crippen LogP) is 2.49. The molecule has 0 aliphatic carbocycles. The van der Waals surface area contributed by atoms with Crippen LogP contribution in [0.1, 0.15) is 24.5 Å². The van der Waals surface area contributed by atoms with Crippen LogP contribution < -0.4 is 0 Å². The van der Waals surface area contributed by atoms with Crippen molar-refractivity contribution in [3.63, 3.8) is 0 Å². The number of aryl methyl sites for hydroxylation is 1. The fourth-order valence-corrected chi connectivity index (χ4v) is 1.49. The average Bonchev–Trinajstić information content (AvgIpc) is 2.17. The number of halogens is 1. The van der Waals surface area contributed by atoms with Gasteiger partial charge in [0, 0.05) is 0 Å². The molecule has 2 nitrogen and oxygen atoms in total. The maximum Gasteiger partial charge on any atom is 0.309 e. The van der Waals surface area contributed by atoms with Gasteiger partial charge in [-0.2, -0.15) is 0 Å². The zero-order valence-electron chi connectivity index (χ0n) is 9.05. The SMILES string of the molecule is CCCc1cc(F)cc(CC(=O)OC)c1. The summed E-state index contributed by atoms with van der Waals surface area (Å²) in [5, 5.41) is 0. The molecule has 0 atom stereocenters. The zero-order chi connectivity index (χ0) is 11.3. The van der Waals surface area contributed by atoms with Crippen LogP contribution in [0.3, 0.4) is 0 Å². The summed E-state index contributed by atoms with van der Waals surface area (Å²) < 4.78 is 17.7. The Balaban J connectivity index is 2.83. The minimum Gasteiger partial charge on any atom is -0.469 e. The first kappa shape index (κ1) is 11.7. The summed E-state index contributed by atoms with van der Waals surface area (Å²) in [6, 6.07) is 4.73. The third-order valence-electron chi connectivity index (χ3n) is 2.13. The minimum atomic E-state index is -0.344. The van der Waals surface area contributed by atoms with Gasteiger partial charge in [-0.25, -0.2) is 4.39 Å². The molecular formula is C12H15FO2. The number of esters is 1. The zero-order valence-corrected chi connectivity index (χ0v) is 9.05. The van der Waals surface area contributed by atoms with E-state index in [0.29, 0.717) is 5.56 Å². The van der Waals surface area contributed by atoms with Crippen LogP contribution in [-0.4, -0.2) is 13.1 Å². The first-order chi connectivity index (χ1) is 7.15. The maximum absolute atomic E-state index is 13.2. The topological polar surface area (TPSA) is 26.3 Å². The largest absolute Gasteiger partial charge is 0.469 e. The van der Waals surface area contributed by atoms with Crippen LogP contribution in [0.4, 0.5) is 4.39 Å². The Morgan fingerprint density at radius 3 is 2.60 bits per heavy atom. The van der Waals surface area contributed by atoms with Gasteiger partial charge < -0.3 is 4.74 Å². The molecule has 0 bridgehead atoms. The van der Waals surface area contributed by atoms with Crippen LogP contribution in [-0.2, 0) is 22.4 Å². The molecule has 0 saturated heterocycles. The quantitative estimate of drug-likeness (QED) is 0.714. The van der Waals surface area contributed by atoms with Crippen molar-refractivity contribution in [1.29, 1.82) is 0 Å². The molecule has 0 heterocycles. The molecule has 0 radical (unpaired) electrons. The van der Waals surface area contributed by atoms with Crippen LogP contribution in [0.25, 0.3) is 0 Å². The Hall–Kier alpha value is -1.38. The van der Waals surface area contributed by atoms with Gasteiger partial charge in [0.2, 0.25) is 0 Å². The second kappa shape index (κ2) is 5.49. The first-order valence-corrected chi connectivity index (χ1v) is 5.01. The van der Waals surface area contributed by atoms with Gasteiger partial charge in [0.1, 0.15) is 5.82 Å². The number of carbonyl (C=O) groups is 1. The first-order valence-electron chi connectivity index (χ1n) is 5.01. The number of benzene rings is 1. The van der Waals surface area contributed by atoms with E-state index in [0.717, 1.165) is 18.4 Å². The summed E-state index contributed by atoms with van der Waals surface area (Å²) >= 11 is 0. The van der Waals surface area contributed by atoms with E-state index in [1.165, 1.54) is 19.2 Å². The standard InChI is InChI=1S/C12H15FO2/c1-3-4-9-5-10(7-11(13)6-9)8-12(14)15-2/h5-7H,3-4,8H2,1-2H3. The highest BCUT2D eigenvalue weighted by Gasteiger charge is 2.05. The van der Waals surface area contributed by atoms with E-state index in [9.17, 15) is 9.18 Å². The molecule has 1 rings (SSSR count). The fourth-order valence-electron chi connectivity index (χ4n) is 1.49. The van der Waals surface area contributed by atoms with Gasteiger partial charge in [-0.15, -0.1) is 0 Å². The van der Waals surface area contributed by atoms with Crippen molar-refractivity contribution in [3.05, 3.63) is 35.1 Å². The van der Waals surface area contributed by atoms with E-state index in [1.807, 2.05) is 13.0 Å². The Morgan fingerprint density at radius 1 is 1.33 bits per heavy atom. The molecule has 0 aromatic heterocycles. The molecule has 0 fully saturated rings. The van der Waals surface area contributed by atoms with Crippen LogP contribution in [0.15, 0.2) is 18.2 Å². The summed E-state index contributed by atoms with van der Waals surface area (Å²) in [4.78, 5) is 11.0. The summed E-state index contributed by atoms with van der Waals surface area (Å²) in [6.07, 6.45) is 1.91. The lowest BCUT2D eigenvalue weighted by Crippen LogP contribution is -2.05. The van der Waals surface area contributed by atoms with Crippen LogP contribution in [0.5, 0.6) is 0 Å². The molecular weight excluding hydrogens is 195 g/mol. The van der Waals surface area contributed by atoms with Crippen molar-refractivity contribution >= 4 is 5.97 Å². The number of hydrogen-bond donors (Lipinski definition) is 0. The molecule has 0 unspecified atom stereocenters. The van der Waals surface area contributed by atoms with Crippen molar-refractivity contribution in [1.82, 2.24) is 0 Å². The molecule has 0 aliphatic rings. The molecule has 1 aromatic rings. The molecule has 1 aromatic carbocycles. The number of methoxy groups -OCH3 is 1. The van der Waals surface area contributed by atoms with Crippen LogP contribution in [0, 0.1) is 5.82 Å². The number of rotatable bonds is 4. The third kappa shape index (κ3) is 3.70. The van der Waals surface area contributed by atoms with Crippen molar-refractivity contribution in [2.75, 3.05) is 7.11 Å². The molecule has 0 amide bonds. The van der Waals surface area contributed by atoms with E-state index in [2.05, 4.69) is 4.74 Å². The highest BCUT2D eigenvalue weighted by molar-refractivity contribution is 5.72. The highest BCUT2D eigenvalue weighted by atomic mass is 19.1. The molecule has 82 valence electrons. The van der Waals surface area contributed by atoms with Crippen LogP contribution in [0.2, 0.25) is 0 Å². The lowest BCUT2D eigenvalue weighted by Gasteiger charge is -2.04. The molecule has 15 heavy (non-hydrogen) atoms. The Labute approximate surface area is 89.1 Å². The maximum atomic E-state index is 13.2. The van der Waals surface area contributed by atoms with E-state index in [4.69, 9.17) is 0 Å². The minimum absolute atomic E-state index is 0.130. The number of ether oxygens (including phenoxy) is 1. The van der Waals surface area contributed by atoms with Gasteiger partial charge >= 0.3 is 5.97 Å². The van der Waals surface area contributed by atoms with Gasteiger partial charge in [0.05, 0.1) is 13.5 Å².